The van der Waals surface area contributed by atoms with Crippen molar-refractivity contribution in [2.24, 2.45) is 11.8 Å². The Morgan fingerprint density at radius 1 is 0.960 bits per heavy atom. The normalized spacial score (nSPS) is 29.1. The van der Waals surface area contributed by atoms with Crippen LogP contribution >= 0.6 is 0 Å². The van der Waals surface area contributed by atoms with Gasteiger partial charge in [0.05, 0.1) is 6.10 Å². The highest BCUT2D eigenvalue weighted by atomic mass is 16.3. The van der Waals surface area contributed by atoms with E-state index >= 15 is 0 Å². The number of hydrogen-bond donors (Lipinski definition) is 1. The molecular formula is C22H25NO2. The highest BCUT2D eigenvalue weighted by molar-refractivity contribution is 6.05. The fourth-order valence-corrected chi connectivity index (χ4v) is 5.24. The minimum absolute atomic E-state index is 0.0504. The molecule has 2 aliphatic carbocycles. The van der Waals surface area contributed by atoms with Gasteiger partial charge in [-0.25, -0.2) is 0 Å². The Hall–Kier alpha value is -1.84. The van der Waals surface area contributed by atoms with Gasteiger partial charge >= 0.3 is 0 Å². The van der Waals surface area contributed by atoms with Crippen molar-refractivity contribution in [3.63, 3.8) is 0 Å². The van der Waals surface area contributed by atoms with E-state index < -0.39 is 0 Å². The summed E-state index contributed by atoms with van der Waals surface area (Å²) < 4.78 is 6.18. The largest absolute Gasteiger partial charge is 0.456 e. The van der Waals surface area contributed by atoms with E-state index in [2.05, 4.69) is 42.3 Å². The van der Waals surface area contributed by atoms with Crippen LogP contribution in [-0.4, -0.2) is 29.2 Å². The zero-order valence-corrected chi connectivity index (χ0v) is 14.7. The predicted octanol–water partition coefficient (Wildman–Crippen LogP) is 4.57. The first-order valence-electron chi connectivity index (χ1n) is 9.46. The lowest BCUT2D eigenvalue weighted by Gasteiger charge is -2.25. The third-order valence-electron chi connectivity index (χ3n) is 6.49. The second kappa shape index (κ2) is 5.86. The van der Waals surface area contributed by atoms with Crippen molar-refractivity contribution in [1.29, 1.82) is 0 Å². The van der Waals surface area contributed by atoms with Crippen LogP contribution in [0.15, 0.2) is 46.9 Å². The maximum Gasteiger partial charge on any atom is 0.139 e. The summed E-state index contributed by atoms with van der Waals surface area (Å²) in [5.74, 6) is 1.45. The molecule has 2 saturated carbocycles. The first-order valence-corrected chi connectivity index (χ1v) is 9.46. The molecule has 130 valence electrons. The summed E-state index contributed by atoms with van der Waals surface area (Å²) in [5.41, 5.74) is 3.27. The maximum atomic E-state index is 9.86. The van der Waals surface area contributed by atoms with Gasteiger partial charge in [0.1, 0.15) is 11.2 Å². The lowest BCUT2D eigenvalue weighted by molar-refractivity contribution is 0.158. The van der Waals surface area contributed by atoms with Crippen LogP contribution in [0.3, 0.4) is 0 Å². The Balaban J connectivity index is 1.41. The van der Waals surface area contributed by atoms with Crippen LogP contribution in [0.25, 0.3) is 21.9 Å². The van der Waals surface area contributed by atoms with E-state index in [1.807, 2.05) is 12.1 Å². The first-order chi connectivity index (χ1) is 12.2. The summed E-state index contributed by atoms with van der Waals surface area (Å²) in [7, 11) is 2.24. The molecule has 2 aromatic carbocycles. The van der Waals surface area contributed by atoms with Crippen molar-refractivity contribution in [3.05, 3.63) is 48.0 Å². The average Bonchev–Trinajstić information content (AvgIpc) is 3.25. The van der Waals surface area contributed by atoms with Crippen molar-refractivity contribution in [2.45, 2.75) is 44.4 Å². The summed E-state index contributed by atoms with van der Waals surface area (Å²) in [6.45, 7) is 0.920. The lowest BCUT2D eigenvalue weighted by Crippen LogP contribution is -2.29. The Kier molecular flexibility index (Phi) is 3.61. The van der Waals surface area contributed by atoms with Crippen LogP contribution in [0.5, 0.6) is 0 Å². The topological polar surface area (TPSA) is 36.6 Å². The molecule has 0 bridgehead atoms. The quantitative estimate of drug-likeness (QED) is 0.762. The molecule has 0 amide bonds. The maximum absolute atomic E-state index is 9.86. The van der Waals surface area contributed by atoms with Gasteiger partial charge in [-0.05, 0) is 50.6 Å². The third kappa shape index (κ3) is 2.57. The van der Waals surface area contributed by atoms with Crippen LogP contribution in [0, 0.1) is 11.8 Å². The number of benzene rings is 2. The molecule has 0 radical (unpaired) electrons. The van der Waals surface area contributed by atoms with Gasteiger partial charge in [-0.2, -0.15) is 0 Å². The molecule has 1 heterocycles. The standard InChI is InChI=1S/C22H25NO2/c1-23(17-9-15-11-18(24)12-16(15)10-17)13-14-5-4-7-20-19-6-2-3-8-21(19)25-22(14)20/h2-8,15-18,24H,9-13H2,1H3/t15-,16+,17?,18?. The van der Waals surface area contributed by atoms with E-state index in [1.54, 1.807) is 0 Å². The molecule has 4 atom stereocenters. The molecule has 2 unspecified atom stereocenters. The second-order valence-corrected chi connectivity index (χ2v) is 8.08. The molecule has 5 rings (SSSR count). The van der Waals surface area contributed by atoms with Gasteiger partial charge in [0, 0.05) is 28.9 Å². The van der Waals surface area contributed by atoms with Crippen LogP contribution in [0.1, 0.15) is 31.2 Å². The molecule has 3 nitrogen and oxygen atoms in total. The van der Waals surface area contributed by atoms with E-state index in [0.717, 1.165) is 42.4 Å². The zero-order chi connectivity index (χ0) is 17.0. The second-order valence-electron chi connectivity index (χ2n) is 8.08. The summed E-state index contributed by atoms with van der Waals surface area (Å²) in [6.07, 6.45) is 4.43. The summed E-state index contributed by atoms with van der Waals surface area (Å²) in [6, 6.07) is 15.4. The predicted molar refractivity (Wildman–Crippen MR) is 100 cm³/mol. The van der Waals surface area contributed by atoms with E-state index in [4.69, 9.17) is 4.42 Å². The molecule has 0 spiro atoms. The smallest absolute Gasteiger partial charge is 0.139 e. The number of para-hydroxylation sites is 2. The van der Waals surface area contributed by atoms with Gasteiger partial charge in [0.25, 0.3) is 0 Å². The van der Waals surface area contributed by atoms with Crippen LogP contribution in [0.4, 0.5) is 0 Å². The summed E-state index contributed by atoms with van der Waals surface area (Å²) in [5, 5.41) is 12.3. The molecule has 0 aliphatic heterocycles. The van der Waals surface area contributed by atoms with E-state index in [1.165, 1.54) is 29.2 Å². The van der Waals surface area contributed by atoms with E-state index in [0.29, 0.717) is 6.04 Å². The number of fused-ring (bicyclic) bond motifs is 4. The van der Waals surface area contributed by atoms with Crippen molar-refractivity contribution >= 4 is 21.9 Å². The zero-order valence-electron chi connectivity index (χ0n) is 14.7. The molecule has 1 aromatic heterocycles. The van der Waals surface area contributed by atoms with Crippen LogP contribution in [0.2, 0.25) is 0 Å². The van der Waals surface area contributed by atoms with Crippen molar-refractivity contribution in [1.82, 2.24) is 4.90 Å². The number of rotatable bonds is 3. The fourth-order valence-electron chi connectivity index (χ4n) is 5.24. The molecular weight excluding hydrogens is 310 g/mol. The minimum atomic E-state index is -0.0504. The lowest BCUT2D eigenvalue weighted by atomic mass is 10.0. The fraction of sp³-hybridized carbons (Fsp3) is 0.455. The SMILES string of the molecule is CN(Cc1cccc2c1oc1ccccc12)C1C[C@H]2CC(O)C[C@H]2C1. The summed E-state index contributed by atoms with van der Waals surface area (Å²) >= 11 is 0. The average molecular weight is 335 g/mol. The molecule has 2 aliphatic rings. The number of nitrogens with zero attached hydrogens (tertiary/aromatic N) is 1. The monoisotopic (exact) mass is 335 g/mol. The van der Waals surface area contributed by atoms with E-state index in [9.17, 15) is 5.11 Å². The first kappa shape index (κ1) is 15.4. The number of furan rings is 1. The molecule has 3 aromatic rings. The van der Waals surface area contributed by atoms with Gasteiger partial charge in [0.15, 0.2) is 0 Å². The van der Waals surface area contributed by atoms with Crippen molar-refractivity contribution in [2.75, 3.05) is 7.05 Å². The highest BCUT2D eigenvalue weighted by Gasteiger charge is 2.42. The third-order valence-corrected chi connectivity index (χ3v) is 6.49. The highest BCUT2D eigenvalue weighted by Crippen LogP contribution is 2.45. The Morgan fingerprint density at radius 2 is 1.68 bits per heavy atom. The van der Waals surface area contributed by atoms with Gasteiger partial charge in [-0.15, -0.1) is 0 Å². The van der Waals surface area contributed by atoms with Gasteiger partial charge < -0.3 is 9.52 Å². The molecule has 3 heteroatoms. The number of hydrogen-bond acceptors (Lipinski definition) is 3. The molecule has 25 heavy (non-hydrogen) atoms. The molecule has 0 saturated heterocycles. The minimum Gasteiger partial charge on any atom is -0.456 e. The number of aliphatic hydroxyl groups excluding tert-OH is 1. The van der Waals surface area contributed by atoms with Crippen LogP contribution in [-0.2, 0) is 6.54 Å². The Labute approximate surface area is 148 Å². The van der Waals surface area contributed by atoms with Crippen LogP contribution < -0.4 is 0 Å². The van der Waals surface area contributed by atoms with Gasteiger partial charge in [-0.1, -0.05) is 36.4 Å². The molecule has 2 fully saturated rings. The van der Waals surface area contributed by atoms with E-state index in [-0.39, 0.29) is 6.10 Å². The van der Waals surface area contributed by atoms with Crippen molar-refractivity contribution in [3.8, 4) is 0 Å². The van der Waals surface area contributed by atoms with Gasteiger partial charge in [0.2, 0.25) is 0 Å². The Bertz CT molecular complexity index is 901. The van der Waals surface area contributed by atoms with Gasteiger partial charge in [-0.3, -0.25) is 4.90 Å². The Morgan fingerprint density at radius 3 is 2.48 bits per heavy atom. The van der Waals surface area contributed by atoms with Crippen molar-refractivity contribution < 1.29 is 9.52 Å². The molecule has 1 N–H and O–H groups in total. The summed E-state index contributed by atoms with van der Waals surface area (Å²) in [4.78, 5) is 2.49. The number of aliphatic hydroxyl groups is 1.